The highest BCUT2D eigenvalue weighted by molar-refractivity contribution is 6.01. The summed E-state index contributed by atoms with van der Waals surface area (Å²) in [5.74, 6) is -0.104. The quantitative estimate of drug-likeness (QED) is 0.729. The van der Waals surface area contributed by atoms with Crippen molar-refractivity contribution >= 4 is 11.7 Å². The summed E-state index contributed by atoms with van der Waals surface area (Å²) in [4.78, 5) is 38.5. The molecule has 2 aromatic rings. The molecule has 1 aliphatic rings. The van der Waals surface area contributed by atoms with Crippen molar-refractivity contribution in [3.05, 3.63) is 63.1 Å². The number of Topliss-reactive ketones (excluding diaryl/α,β-unsaturated/α-hetero) is 1. The fraction of sp³-hybridized carbons (Fsp3) is 0.435. The van der Waals surface area contributed by atoms with Gasteiger partial charge in [0.15, 0.2) is 5.78 Å². The number of hydrogen-bond donors (Lipinski definition) is 1. The SMILES string of the molecule is COCCCNC(=O)c1cc2c(n(-c3ccc(C(C)C)cc3)c1=O)CCCC2=O. The number of nitrogens with one attached hydrogen (secondary N) is 1. The van der Waals surface area contributed by atoms with Crippen molar-refractivity contribution in [3.8, 4) is 5.69 Å². The Balaban J connectivity index is 2.06. The maximum atomic E-state index is 13.3. The minimum absolute atomic E-state index is 0.00403. The minimum Gasteiger partial charge on any atom is -0.385 e. The predicted octanol–water partition coefficient (Wildman–Crippen LogP) is 3.25. The summed E-state index contributed by atoms with van der Waals surface area (Å²) in [6.07, 6.45) is 2.43. The normalized spacial score (nSPS) is 13.4. The van der Waals surface area contributed by atoms with Crippen molar-refractivity contribution in [2.45, 2.75) is 45.4 Å². The second-order valence-electron chi connectivity index (χ2n) is 7.68. The van der Waals surface area contributed by atoms with Gasteiger partial charge in [-0.3, -0.25) is 19.0 Å². The van der Waals surface area contributed by atoms with E-state index in [9.17, 15) is 14.4 Å². The molecule has 29 heavy (non-hydrogen) atoms. The number of aromatic nitrogens is 1. The molecule has 1 N–H and O–H groups in total. The maximum Gasteiger partial charge on any atom is 0.268 e. The number of ether oxygens (including phenoxy) is 1. The molecule has 0 fully saturated rings. The Labute approximate surface area is 170 Å². The summed E-state index contributed by atoms with van der Waals surface area (Å²) in [5.41, 5.74) is 2.63. The average Bonchev–Trinajstić information content (AvgIpc) is 2.71. The number of ketones is 1. The summed E-state index contributed by atoms with van der Waals surface area (Å²) in [7, 11) is 1.60. The summed E-state index contributed by atoms with van der Waals surface area (Å²) in [5, 5.41) is 2.76. The predicted molar refractivity (Wildman–Crippen MR) is 112 cm³/mol. The molecule has 0 saturated heterocycles. The molecule has 1 aromatic heterocycles. The monoisotopic (exact) mass is 396 g/mol. The second-order valence-corrected chi connectivity index (χ2v) is 7.68. The molecule has 1 heterocycles. The number of carbonyl (C=O) groups excluding carboxylic acids is 2. The lowest BCUT2D eigenvalue weighted by atomic mass is 9.92. The molecule has 1 aromatic carbocycles. The average molecular weight is 396 g/mol. The number of rotatable bonds is 7. The Morgan fingerprint density at radius 2 is 1.90 bits per heavy atom. The van der Waals surface area contributed by atoms with Gasteiger partial charge < -0.3 is 10.1 Å². The molecule has 1 aliphatic carbocycles. The van der Waals surface area contributed by atoms with Crippen LogP contribution in [-0.4, -0.2) is 36.5 Å². The number of carbonyl (C=O) groups is 2. The Hall–Kier alpha value is -2.73. The summed E-state index contributed by atoms with van der Waals surface area (Å²) < 4.78 is 6.53. The van der Waals surface area contributed by atoms with Gasteiger partial charge in [-0.25, -0.2) is 0 Å². The first-order valence-corrected chi connectivity index (χ1v) is 10.1. The van der Waals surface area contributed by atoms with Crippen LogP contribution in [0.3, 0.4) is 0 Å². The highest BCUT2D eigenvalue weighted by Gasteiger charge is 2.26. The highest BCUT2D eigenvalue weighted by Crippen LogP contribution is 2.24. The van der Waals surface area contributed by atoms with Crippen LogP contribution >= 0.6 is 0 Å². The zero-order chi connectivity index (χ0) is 21.0. The van der Waals surface area contributed by atoms with Crippen LogP contribution in [-0.2, 0) is 11.2 Å². The van der Waals surface area contributed by atoms with E-state index >= 15 is 0 Å². The van der Waals surface area contributed by atoms with Gasteiger partial charge in [0.1, 0.15) is 5.56 Å². The number of hydrogen-bond acceptors (Lipinski definition) is 4. The summed E-state index contributed by atoms with van der Waals surface area (Å²) in [6.45, 7) is 5.14. The molecule has 154 valence electrons. The third kappa shape index (κ3) is 4.48. The second kappa shape index (κ2) is 9.18. The number of nitrogens with zero attached hydrogens (tertiary/aromatic N) is 1. The van der Waals surface area contributed by atoms with Gasteiger partial charge in [0.2, 0.25) is 0 Å². The van der Waals surface area contributed by atoms with Crippen LogP contribution in [0.5, 0.6) is 0 Å². The third-order valence-electron chi connectivity index (χ3n) is 5.29. The van der Waals surface area contributed by atoms with Crippen LogP contribution in [0.2, 0.25) is 0 Å². The molecule has 0 radical (unpaired) electrons. The first-order chi connectivity index (χ1) is 13.9. The Kier molecular flexibility index (Phi) is 6.64. The minimum atomic E-state index is -0.458. The van der Waals surface area contributed by atoms with Gasteiger partial charge in [-0.2, -0.15) is 0 Å². The van der Waals surface area contributed by atoms with Crippen molar-refractivity contribution in [2.75, 3.05) is 20.3 Å². The van der Waals surface area contributed by atoms with Crippen LogP contribution in [0, 0.1) is 0 Å². The topological polar surface area (TPSA) is 77.4 Å². The van der Waals surface area contributed by atoms with Crippen molar-refractivity contribution < 1.29 is 14.3 Å². The Morgan fingerprint density at radius 3 is 2.55 bits per heavy atom. The van der Waals surface area contributed by atoms with Gasteiger partial charge in [0.25, 0.3) is 11.5 Å². The van der Waals surface area contributed by atoms with E-state index in [1.54, 1.807) is 11.7 Å². The fourth-order valence-electron chi connectivity index (χ4n) is 3.65. The fourth-order valence-corrected chi connectivity index (χ4v) is 3.65. The van der Waals surface area contributed by atoms with Gasteiger partial charge in [0.05, 0.1) is 0 Å². The molecule has 0 bridgehead atoms. The standard InChI is InChI=1S/C23H28N2O4/c1-15(2)16-8-10-17(11-9-16)25-20-6-4-7-21(26)18(20)14-19(23(25)28)22(27)24-12-5-13-29-3/h8-11,14-15H,4-7,12-13H2,1-3H3,(H,24,27). The van der Waals surface area contributed by atoms with Crippen molar-refractivity contribution in [2.24, 2.45) is 0 Å². The molecule has 1 amide bonds. The van der Waals surface area contributed by atoms with Crippen LogP contribution in [0.4, 0.5) is 0 Å². The Morgan fingerprint density at radius 1 is 1.17 bits per heavy atom. The van der Waals surface area contributed by atoms with E-state index in [0.29, 0.717) is 61.7 Å². The van der Waals surface area contributed by atoms with Gasteiger partial charge in [-0.15, -0.1) is 0 Å². The van der Waals surface area contributed by atoms with Crippen molar-refractivity contribution in [1.82, 2.24) is 9.88 Å². The van der Waals surface area contributed by atoms with Crippen LogP contribution in [0.25, 0.3) is 5.69 Å². The largest absolute Gasteiger partial charge is 0.385 e. The van der Waals surface area contributed by atoms with E-state index in [1.165, 1.54) is 11.6 Å². The van der Waals surface area contributed by atoms with Crippen molar-refractivity contribution in [1.29, 1.82) is 0 Å². The van der Waals surface area contributed by atoms with E-state index in [2.05, 4.69) is 19.2 Å². The molecule has 0 atom stereocenters. The smallest absolute Gasteiger partial charge is 0.268 e. The van der Waals surface area contributed by atoms with Crippen LogP contribution < -0.4 is 10.9 Å². The summed E-state index contributed by atoms with van der Waals surface area (Å²) in [6, 6.07) is 9.22. The van der Waals surface area contributed by atoms with Gasteiger partial charge >= 0.3 is 0 Å². The molecule has 0 aliphatic heterocycles. The van der Waals surface area contributed by atoms with E-state index in [1.807, 2.05) is 24.3 Å². The third-order valence-corrected chi connectivity index (χ3v) is 5.29. The van der Waals surface area contributed by atoms with Gasteiger partial charge in [0, 0.05) is 43.6 Å². The lowest BCUT2D eigenvalue weighted by Gasteiger charge is -2.22. The lowest BCUT2D eigenvalue weighted by Crippen LogP contribution is -2.36. The Bertz CT molecular complexity index is 958. The number of methoxy groups -OCH3 is 1. The molecule has 0 saturated carbocycles. The van der Waals surface area contributed by atoms with Crippen LogP contribution in [0.1, 0.15) is 71.0 Å². The van der Waals surface area contributed by atoms with Gasteiger partial charge in [-0.05, 0) is 48.9 Å². The summed E-state index contributed by atoms with van der Waals surface area (Å²) >= 11 is 0. The maximum absolute atomic E-state index is 13.3. The molecule has 3 rings (SSSR count). The number of pyridine rings is 1. The lowest BCUT2D eigenvalue weighted by molar-refractivity contribution is 0.0946. The first-order valence-electron chi connectivity index (χ1n) is 10.1. The molecule has 0 spiro atoms. The van der Waals surface area contributed by atoms with E-state index in [4.69, 9.17) is 4.74 Å². The molecular formula is C23H28N2O4. The van der Waals surface area contributed by atoms with E-state index in [-0.39, 0.29) is 16.9 Å². The van der Waals surface area contributed by atoms with E-state index in [0.717, 1.165) is 0 Å². The van der Waals surface area contributed by atoms with E-state index < -0.39 is 5.91 Å². The zero-order valence-electron chi connectivity index (χ0n) is 17.3. The molecular weight excluding hydrogens is 368 g/mol. The highest BCUT2D eigenvalue weighted by atomic mass is 16.5. The van der Waals surface area contributed by atoms with Gasteiger partial charge in [-0.1, -0.05) is 26.0 Å². The molecule has 6 heteroatoms. The van der Waals surface area contributed by atoms with Crippen LogP contribution in [0.15, 0.2) is 35.1 Å². The first kappa shape index (κ1) is 21.0. The number of amides is 1. The molecule has 0 unspecified atom stereocenters. The number of benzene rings is 1. The number of fused-ring (bicyclic) bond motifs is 1. The molecule has 6 nitrogen and oxygen atoms in total. The zero-order valence-corrected chi connectivity index (χ0v) is 17.3. The van der Waals surface area contributed by atoms with Crippen molar-refractivity contribution in [3.63, 3.8) is 0 Å².